The van der Waals surface area contributed by atoms with Crippen LogP contribution in [-0.2, 0) is 4.79 Å². The van der Waals surface area contributed by atoms with Gasteiger partial charge in [-0.2, -0.15) is 0 Å². The molecule has 0 bridgehead atoms. The molecule has 0 heterocycles. The Bertz CT molecular complexity index is 428. The minimum atomic E-state index is -0.917. The molecule has 2 atom stereocenters. The van der Waals surface area contributed by atoms with Crippen LogP contribution in [0.3, 0.4) is 0 Å². The van der Waals surface area contributed by atoms with E-state index in [1.807, 2.05) is 5.32 Å². The van der Waals surface area contributed by atoms with Gasteiger partial charge >= 0.3 is 6.03 Å². The Kier molecular flexibility index (Phi) is 4.67. The highest BCUT2D eigenvalue weighted by molar-refractivity contribution is 5.95. The monoisotopic (exact) mass is 252 g/mol. The van der Waals surface area contributed by atoms with E-state index in [2.05, 4.69) is 0 Å². The quantitative estimate of drug-likeness (QED) is 0.734. The second-order valence-electron chi connectivity index (χ2n) is 3.86. The normalized spacial score (nSPS) is 13.5. The van der Waals surface area contributed by atoms with Crippen LogP contribution in [0.1, 0.15) is 25.5 Å². The summed E-state index contributed by atoms with van der Waals surface area (Å²) in [5, 5.41) is 11.3. The Morgan fingerprint density at radius 1 is 1.28 bits per heavy atom. The standard InChI is InChI=1S/C12H16N2O4/c1-7(15)9-3-5-10(6-4-9)18-8(2)11(16)14-12(13)17/h3-8,15H,1-2H3,(H3,13,14,16,17)/t7-,8?/m0/s1. The molecule has 0 radical (unpaired) electrons. The average molecular weight is 252 g/mol. The Balaban J connectivity index is 2.61. The highest BCUT2D eigenvalue weighted by Crippen LogP contribution is 2.18. The first kappa shape index (κ1) is 14.0. The summed E-state index contributed by atoms with van der Waals surface area (Å²) in [7, 11) is 0. The summed E-state index contributed by atoms with van der Waals surface area (Å²) in [4.78, 5) is 21.8. The molecule has 0 aliphatic rings. The van der Waals surface area contributed by atoms with Crippen LogP contribution >= 0.6 is 0 Å². The van der Waals surface area contributed by atoms with Crippen LogP contribution in [0.2, 0.25) is 0 Å². The molecule has 6 heteroatoms. The lowest BCUT2D eigenvalue weighted by Crippen LogP contribution is -2.42. The van der Waals surface area contributed by atoms with Gasteiger partial charge in [0.1, 0.15) is 5.75 Å². The number of aliphatic hydroxyl groups excluding tert-OH is 1. The highest BCUT2D eigenvalue weighted by Gasteiger charge is 2.16. The number of nitrogens with two attached hydrogens (primary N) is 1. The van der Waals surface area contributed by atoms with Crippen LogP contribution in [0, 0.1) is 0 Å². The van der Waals surface area contributed by atoms with Gasteiger partial charge < -0.3 is 15.6 Å². The van der Waals surface area contributed by atoms with Gasteiger partial charge in [-0.1, -0.05) is 12.1 Å². The van der Waals surface area contributed by atoms with Crippen LogP contribution in [0.4, 0.5) is 4.79 Å². The van der Waals surface area contributed by atoms with E-state index < -0.39 is 24.1 Å². The number of urea groups is 1. The van der Waals surface area contributed by atoms with E-state index in [1.54, 1.807) is 31.2 Å². The summed E-state index contributed by atoms with van der Waals surface area (Å²) in [6.07, 6.45) is -1.40. The molecule has 1 aromatic carbocycles. The smallest absolute Gasteiger partial charge is 0.318 e. The molecule has 1 aromatic rings. The van der Waals surface area contributed by atoms with E-state index >= 15 is 0 Å². The van der Waals surface area contributed by atoms with Crippen molar-refractivity contribution >= 4 is 11.9 Å². The van der Waals surface area contributed by atoms with Crippen molar-refractivity contribution in [2.24, 2.45) is 5.73 Å². The molecular weight excluding hydrogens is 236 g/mol. The Hall–Kier alpha value is -2.08. The van der Waals surface area contributed by atoms with Gasteiger partial charge in [-0.15, -0.1) is 0 Å². The van der Waals surface area contributed by atoms with Crippen molar-refractivity contribution in [1.82, 2.24) is 5.32 Å². The Morgan fingerprint density at radius 3 is 2.28 bits per heavy atom. The van der Waals surface area contributed by atoms with Crippen molar-refractivity contribution < 1.29 is 19.4 Å². The number of nitrogens with one attached hydrogen (secondary N) is 1. The van der Waals surface area contributed by atoms with Gasteiger partial charge in [-0.25, -0.2) is 4.79 Å². The van der Waals surface area contributed by atoms with Crippen molar-refractivity contribution in [3.05, 3.63) is 29.8 Å². The van der Waals surface area contributed by atoms with E-state index in [0.29, 0.717) is 5.75 Å². The number of hydrogen-bond donors (Lipinski definition) is 3. The zero-order chi connectivity index (χ0) is 13.7. The lowest BCUT2D eigenvalue weighted by atomic mass is 10.1. The van der Waals surface area contributed by atoms with Gasteiger partial charge in [-0.05, 0) is 31.5 Å². The van der Waals surface area contributed by atoms with Gasteiger partial charge in [0.2, 0.25) is 0 Å². The number of primary amides is 1. The first-order chi connectivity index (χ1) is 8.40. The molecule has 1 unspecified atom stereocenters. The predicted molar refractivity (Wildman–Crippen MR) is 64.9 cm³/mol. The number of amides is 3. The number of rotatable bonds is 4. The van der Waals surface area contributed by atoms with Crippen LogP contribution in [-0.4, -0.2) is 23.1 Å². The summed E-state index contributed by atoms with van der Waals surface area (Å²) in [6, 6.07) is 5.74. The number of hydrogen-bond acceptors (Lipinski definition) is 4. The maximum absolute atomic E-state index is 11.4. The minimum absolute atomic E-state index is 0.464. The predicted octanol–water partition coefficient (Wildman–Crippen LogP) is 0.702. The van der Waals surface area contributed by atoms with Crippen LogP contribution in [0.5, 0.6) is 5.75 Å². The molecule has 18 heavy (non-hydrogen) atoms. The third-order valence-electron chi connectivity index (χ3n) is 2.29. The lowest BCUT2D eigenvalue weighted by molar-refractivity contribution is -0.126. The van der Waals surface area contributed by atoms with E-state index in [-0.39, 0.29) is 0 Å². The van der Waals surface area contributed by atoms with Gasteiger partial charge in [0, 0.05) is 0 Å². The van der Waals surface area contributed by atoms with Gasteiger partial charge in [0.25, 0.3) is 5.91 Å². The molecular formula is C12H16N2O4. The largest absolute Gasteiger partial charge is 0.481 e. The zero-order valence-corrected chi connectivity index (χ0v) is 10.2. The first-order valence-corrected chi connectivity index (χ1v) is 5.45. The van der Waals surface area contributed by atoms with Crippen LogP contribution in [0.15, 0.2) is 24.3 Å². The Morgan fingerprint density at radius 2 is 1.83 bits per heavy atom. The molecule has 0 spiro atoms. The van der Waals surface area contributed by atoms with Crippen LogP contribution < -0.4 is 15.8 Å². The molecule has 0 aliphatic heterocycles. The fourth-order valence-corrected chi connectivity index (χ4v) is 1.31. The SMILES string of the molecule is CC(Oc1ccc([C@H](C)O)cc1)C(=O)NC(N)=O. The molecule has 0 aliphatic carbocycles. The molecule has 0 fully saturated rings. The second-order valence-corrected chi connectivity index (χ2v) is 3.86. The van der Waals surface area contributed by atoms with Gasteiger partial charge in [-0.3, -0.25) is 10.1 Å². The molecule has 1 rings (SSSR count). The third kappa shape index (κ3) is 4.06. The fourth-order valence-electron chi connectivity index (χ4n) is 1.31. The summed E-state index contributed by atoms with van der Waals surface area (Å²) < 4.78 is 5.31. The number of carbonyl (C=O) groups is 2. The number of ether oxygens (including phenoxy) is 1. The number of benzene rings is 1. The summed E-state index contributed by atoms with van der Waals surface area (Å²) in [5.41, 5.74) is 5.57. The van der Waals surface area contributed by atoms with Gasteiger partial charge in [0.15, 0.2) is 6.10 Å². The lowest BCUT2D eigenvalue weighted by Gasteiger charge is -2.14. The third-order valence-corrected chi connectivity index (χ3v) is 2.29. The van der Waals surface area contributed by atoms with Crippen molar-refractivity contribution in [2.45, 2.75) is 26.1 Å². The molecule has 0 aromatic heterocycles. The summed E-state index contributed by atoms with van der Waals surface area (Å²) >= 11 is 0. The minimum Gasteiger partial charge on any atom is -0.481 e. The number of aliphatic hydroxyl groups is 1. The number of carbonyl (C=O) groups excluding carboxylic acids is 2. The van der Waals surface area contributed by atoms with Gasteiger partial charge in [0.05, 0.1) is 6.10 Å². The molecule has 6 nitrogen and oxygen atoms in total. The highest BCUT2D eigenvalue weighted by atomic mass is 16.5. The van der Waals surface area contributed by atoms with Crippen molar-refractivity contribution in [3.8, 4) is 5.75 Å². The van der Waals surface area contributed by atoms with Crippen molar-refractivity contribution in [3.63, 3.8) is 0 Å². The molecule has 98 valence electrons. The fraction of sp³-hybridized carbons (Fsp3) is 0.333. The van der Waals surface area contributed by atoms with E-state index in [4.69, 9.17) is 10.5 Å². The molecule has 4 N–H and O–H groups in total. The first-order valence-electron chi connectivity index (χ1n) is 5.45. The van der Waals surface area contributed by atoms with E-state index in [0.717, 1.165) is 5.56 Å². The maximum Gasteiger partial charge on any atom is 0.318 e. The molecule has 0 saturated carbocycles. The summed E-state index contributed by atoms with van der Waals surface area (Å²) in [5.74, 6) is -0.145. The van der Waals surface area contributed by atoms with Crippen molar-refractivity contribution in [1.29, 1.82) is 0 Å². The maximum atomic E-state index is 11.4. The Labute approximate surface area is 105 Å². The zero-order valence-electron chi connectivity index (χ0n) is 10.2. The second kappa shape index (κ2) is 6.02. The molecule has 0 saturated heterocycles. The van der Waals surface area contributed by atoms with Crippen LogP contribution in [0.25, 0.3) is 0 Å². The molecule has 3 amide bonds. The van der Waals surface area contributed by atoms with E-state index in [1.165, 1.54) is 6.92 Å². The van der Waals surface area contributed by atoms with Crippen molar-refractivity contribution in [2.75, 3.05) is 0 Å². The summed E-state index contributed by atoms with van der Waals surface area (Å²) in [6.45, 7) is 3.15. The topological polar surface area (TPSA) is 102 Å². The average Bonchev–Trinajstić information content (AvgIpc) is 2.28. The number of imide groups is 1. The van der Waals surface area contributed by atoms with E-state index in [9.17, 15) is 14.7 Å².